The second kappa shape index (κ2) is 5.25. The van der Waals surface area contributed by atoms with Crippen LogP contribution in [-0.4, -0.2) is 25.3 Å². The molecule has 0 N–H and O–H groups in total. The molecule has 0 spiro atoms. The van der Waals surface area contributed by atoms with Crippen LogP contribution in [0, 0.1) is 6.92 Å². The van der Waals surface area contributed by atoms with Gasteiger partial charge >= 0.3 is 0 Å². The van der Waals surface area contributed by atoms with E-state index in [-0.39, 0.29) is 0 Å². The number of rotatable bonds is 3. The number of thioether (sulfide) groups is 1. The van der Waals surface area contributed by atoms with Gasteiger partial charge in [-0.05, 0) is 36.4 Å². The molecular formula is C15H16N4S. The highest BCUT2D eigenvalue weighted by molar-refractivity contribution is 7.99. The summed E-state index contributed by atoms with van der Waals surface area (Å²) in [6, 6.07) is 6.11. The summed E-state index contributed by atoms with van der Waals surface area (Å²) in [6.07, 6.45) is 3.68. The van der Waals surface area contributed by atoms with E-state index in [0.717, 1.165) is 38.9 Å². The number of hydrogen-bond donors (Lipinski definition) is 0. The summed E-state index contributed by atoms with van der Waals surface area (Å²) in [4.78, 5) is 14.9. The minimum Gasteiger partial charge on any atom is -0.310 e. The summed E-state index contributed by atoms with van der Waals surface area (Å²) in [5, 5.41) is 0. The molecule has 0 atom stereocenters. The number of hydrogen-bond acceptors (Lipinski definition) is 4. The van der Waals surface area contributed by atoms with Crippen LogP contribution in [0.25, 0.3) is 22.7 Å². The maximum Gasteiger partial charge on any atom is 0.161 e. The van der Waals surface area contributed by atoms with Crippen LogP contribution in [0.4, 0.5) is 0 Å². The van der Waals surface area contributed by atoms with E-state index in [1.54, 1.807) is 11.8 Å². The third-order valence-electron chi connectivity index (χ3n) is 3.13. The number of nitrogens with zero attached hydrogens (tertiary/aromatic N) is 4. The van der Waals surface area contributed by atoms with E-state index in [9.17, 15) is 0 Å². The topological polar surface area (TPSA) is 43.6 Å². The van der Waals surface area contributed by atoms with Gasteiger partial charge in [-0.15, -0.1) is 11.8 Å². The zero-order valence-electron chi connectivity index (χ0n) is 11.8. The van der Waals surface area contributed by atoms with Gasteiger partial charge in [-0.1, -0.05) is 6.92 Å². The lowest BCUT2D eigenvalue weighted by molar-refractivity contribution is 0.927. The Bertz CT molecular complexity index is 764. The van der Waals surface area contributed by atoms with Gasteiger partial charge < -0.3 is 4.57 Å². The highest BCUT2D eigenvalue weighted by Gasteiger charge is 2.15. The predicted molar refractivity (Wildman–Crippen MR) is 82.9 cm³/mol. The second-order valence-electron chi connectivity index (χ2n) is 4.63. The van der Waals surface area contributed by atoms with Gasteiger partial charge in [0.2, 0.25) is 0 Å². The molecule has 0 unspecified atom stereocenters. The lowest BCUT2D eigenvalue weighted by atomic mass is 10.3. The molecule has 4 nitrogen and oxygen atoms in total. The molecule has 0 saturated heterocycles. The van der Waals surface area contributed by atoms with Crippen LogP contribution in [0.3, 0.4) is 0 Å². The Hall–Kier alpha value is -1.88. The van der Waals surface area contributed by atoms with Gasteiger partial charge in [-0.25, -0.2) is 9.97 Å². The zero-order valence-corrected chi connectivity index (χ0v) is 12.6. The molecule has 0 aliphatic heterocycles. The van der Waals surface area contributed by atoms with Crippen molar-refractivity contribution < 1.29 is 0 Å². The van der Waals surface area contributed by atoms with Crippen molar-refractivity contribution in [2.45, 2.75) is 18.7 Å². The smallest absolute Gasteiger partial charge is 0.161 e. The summed E-state index contributed by atoms with van der Waals surface area (Å²) < 4.78 is 2.01. The molecule has 0 fully saturated rings. The maximum atomic E-state index is 4.71. The molecule has 0 bridgehead atoms. The number of aromatic nitrogens is 4. The van der Waals surface area contributed by atoms with Crippen molar-refractivity contribution >= 4 is 22.9 Å². The summed E-state index contributed by atoms with van der Waals surface area (Å²) >= 11 is 1.78. The molecule has 0 aromatic carbocycles. The van der Waals surface area contributed by atoms with E-state index in [0.29, 0.717) is 0 Å². The van der Waals surface area contributed by atoms with Crippen LogP contribution in [0.5, 0.6) is 0 Å². The monoisotopic (exact) mass is 284 g/mol. The van der Waals surface area contributed by atoms with E-state index >= 15 is 0 Å². The maximum absolute atomic E-state index is 4.71. The zero-order chi connectivity index (χ0) is 14.1. The molecule has 0 aliphatic carbocycles. The minimum absolute atomic E-state index is 0.870. The standard InChI is InChI=1S/C15H16N4S/c1-4-20-12-6-5-7-16-13(12)15-18-11-8-10(2)9-17-14(11)19(15)3/h5-9H,4H2,1-3H3. The van der Waals surface area contributed by atoms with E-state index in [1.807, 2.05) is 37.0 Å². The fourth-order valence-corrected chi connectivity index (χ4v) is 2.99. The predicted octanol–water partition coefficient (Wildman–Crippen LogP) is 3.45. The van der Waals surface area contributed by atoms with Gasteiger partial charge in [0.15, 0.2) is 11.5 Å². The third kappa shape index (κ3) is 2.18. The van der Waals surface area contributed by atoms with Gasteiger partial charge in [0.1, 0.15) is 11.2 Å². The highest BCUT2D eigenvalue weighted by Crippen LogP contribution is 2.30. The summed E-state index contributed by atoms with van der Waals surface area (Å²) in [5.74, 6) is 1.88. The Morgan fingerprint density at radius 1 is 1.30 bits per heavy atom. The Balaban J connectivity index is 2.22. The Labute approximate surface area is 122 Å². The second-order valence-corrected chi connectivity index (χ2v) is 5.94. The Morgan fingerprint density at radius 3 is 2.95 bits per heavy atom. The molecule has 3 aromatic rings. The van der Waals surface area contributed by atoms with Gasteiger partial charge in [-0.2, -0.15) is 0 Å². The number of aryl methyl sites for hydroxylation is 2. The lowest BCUT2D eigenvalue weighted by Crippen LogP contribution is -1.97. The van der Waals surface area contributed by atoms with Crippen LogP contribution in [0.15, 0.2) is 35.5 Å². The minimum atomic E-state index is 0.870. The van der Waals surface area contributed by atoms with Crippen molar-refractivity contribution in [3.63, 3.8) is 0 Å². The third-order valence-corrected chi connectivity index (χ3v) is 4.06. The molecule has 3 rings (SSSR count). The van der Waals surface area contributed by atoms with Crippen molar-refractivity contribution in [3.8, 4) is 11.5 Å². The fraction of sp³-hybridized carbons (Fsp3) is 0.267. The molecule has 0 amide bonds. The summed E-state index contributed by atoms with van der Waals surface area (Å²) in [6.45, 7) is 4.17. The quantitative estimate of drug-likeness (QED) is 0.691. The normalized spacial score (nSPS) is 11.2. The largest absolute Gasteiger partial charge is 0.310 e. The average Bonchev–Trinajstić information content (AvgIpc) is 2.76. The van der Waals surface area contributed by atoms with Gasteiger partial charge in [0.25, 0.3) is 0 Å². The van der Waals surface area contributed by atoms with E-state index in [2.05, 4.69) is 29.0 Å². The van der Waals surface area contributed by atoms with E-state index < -0.39 is 0 Å². The van der Waals surface area contributed by atoms with Gasteiger partial charge in [0.05, 0.1) is 0 Å². The summed E-state index contributed by atoms with van der Waals surface area (Å²) in [5.41, 5.74) is 3.85. The van der Waals surface area contributed by atoms with Crippen molar-refractivity contribution in [2.24, 2.45) is 7.05 Å². The number of fused-ring (bicyclic) bond motifs is 1. The molecular weight excluding hydrogens is 268 g/mol. The molecule has 3 aromatic heterocycles. The first-order chi connectivity index (χ1) is 9.70. The fourth-order valence-electron chi connectivity index (χ4n) is 2.22. The van der Waals surface area contributed by atoms with Crippen molar-refractivity contribution in [3.05, 3.63) is 36.2 Å². The van der Waals surface area contributed by atoms with Crippen LogP contribution in [0.1, 0.15) is 12.5 Å². The molecule has 5 heteroatoms. The van der Waals surface area contributed by atoms with Crippen LogP contribution in [0.2, 0.25) is 0 Å². The lowest BCUT2D eigenvalue weighted by Gasteiger charge is -2.06. The van der Waals surface area contributed by atoms with Gasteiger partial charge in [-0.3, -0.25) is 4.98 Å². The molecule has 20 heavy (non-hydrogen) atoms. The molecule has 0 radical (unpaired) electrons. The van der Waals surface area contributed by atoms with Crippen molar-refractivity contribution in [1.82, 2.24) is 19.5 Å². The Kier molecular flexibility index (Phi) is 3.44. The highest BCUT2D eigenvalue weighted by atomic mass is 32.2. The average molecular weight is 284 g/mol. The van der Waals surface area contributed by atoms with E-state index in [1.165, 1.54) is 0 Å². The van der Waals surface area contributed by atoms with Crippen LogP contribution >= 0.6 is 11.8 Å². The number of imidazole rings is 1. The first-order valence-electron chi connectivity index (χ1n) is 6.58. The van der Waals surface area contributed by atoms with Gasteiger partial charge in [0, 0.05) is 24.3 Å². The SMILES string of the molecule is CCSc1cccnc1-c1nc2cc(C)cnc2n1C. The number of pyridine rings is 2. The van der Waals surface area contributed by atoms with Crippen molar-refractivity contribution in [2.75, 3.05) is 5.75 Å². The Morgan fingerprint density at radius 2 is 2.15 bits per heavy atom. The van der Waals surface area contributed by atoms with Crippen molar-refractivity contribution in [1.29, 1.82) is 0 Å². The van der Waals surface area contributed by atoms with E-state index in [4.69, 9.17) is 4.98 Å². The van der Waals surface area contributed by atoms with Crippen LogP contribution < -0.4 is 0 Å². The first kappa shape index (κ1) is 13.1. The molecule has 3 heterocycles. The molecule has 0 saturated carbocycles. The molecule has 102 valence electrons. The molecule has 0 aliphatic rings. The first-order valence-corrected chi connectivity index (χ1v) is 7.56. The summed E-state index contributed by atoms with van der Waals surface area (Å²) in [7, 11) is 1.99. The van der Waals surface area contributed by atoms with Crippen LogP contribution in [-0.2, 0) is 7.05 Å².